The van der Waals surface area contributed by atoms with Gasteiger partial charge in [0.05, 0.1) is 12.7 Å². The molecule has 1 aliphatic heterocycles. The predicted octanol–water partition coefficient (Wildman–Crippen LogP) is 5.85. The summed E-state index contributed by atoms with van der Waals surface area (Å²) in [6.07, 6.45) is 3.73. The van der Waals surface area contributed by atoms with Crippen molar-refractivity contribution in [2.75, 3.05) is 44.7 Å². The number of nitrogens with zero attached hydrogens (tertiary/aromatic N) is 2. The van der Waals surface area contributed by atoms with Crippen molar-refractivity contribution in [2.24, 2.45) is 5.41 Å². The van der Waals surface area contributed by atoms with E-state index in [1.165, 1.54) is 23.8 Å². The first kappa shape index (κ1) is 25.0. The van der Waals surface area contributed by atoms with E-state index in [1.54, 1.807) is 0 Å². The number of carbonyl (C=O) groups is 2. The number of aldehydes is 1. The Morgan fingerprint density at radius 3 is 2.47 bits per heavy atom. The van der Waals surface area contributed by atoms with Gasteiger partial charge < -0.3 is 14.4 Å². The van der Waals surface area contributed by atoms with Crippen molar-refractivity contribution in [3.05, 3.63) is 68.7 Å². The molecule has 0 aromatic heterocycles. The lowest BCUT2D eigenvalue weighted by molar-refractivity contribution is -0.115. The Kier molecular flexibility index (Phi) is 7.80. The van der Waals surface area contributed by atoms with Gasteiger partial charge in [0, 0.05) is 53.3 Å². The molecule has 2 aromatic rings. The second kappa shape index (κ2) is 10.6. The van der Waals surface area contributed by atoms with Crippen molar-refractivity contribution in [3.63, 3.8) is 0 Å². The summed E-state index contributed by atoms with van der Waals surface area (Å²) in [6, 6.07) is 13.8. The number of halogens is 2. The minimum atomic E-state index is -0.342. The van der Waals surface area contributed by atoms with Gasteiger partial charge in [-0.2, -0.15) is 0 Å². The summed E-state index contributed by atoms with van der Waals surface area (Å²) in [6.45, 7) is 6.73. The molecule has 5 nitrogen and oxygen atoms in total. The Hall–Kier alpha value is -2.15. The zero-order valence-corrected chi connectivity index (χ0v) is 22.0. The summed E-state index contributed by atoms with van der Waals surface area (Å²) >= 11 is 9.62. The number of hydrogen-bond donors (Lipinski definition) is 0. The van der Waals surface area contributed by atoms with Gasteiger partial charge in [0.25, 0.3) is 0 Å². The standard InChI is InChI=1S/C27H30BrClN2O3/c1-27(18-32)10-9-20(24(16-27)19-3-5-21(29)6-4-19)17-30-11-13-31(14-12-30)22-7-8-23(25(28)15-22)26(33)34-2/h3-8,15,18H,9-14,16-17H2,1-2H3. The van der Waals surface area contributed by atoms with Crippen LogP contribution in [0, 0.1) is 5.41 Å². The molecule has 0 saturated carbocycles. The molecule has 7 heteroatoms. The van der Waals surface area contributed by atoms with Crippen LogP contribution in [0.4, 0.5) is 5.69 Å². The van der Waals surface area contributed by atoms with Gasteiger partial charge in [-0.15, -0.1) is 0 Å². The first-order valence-corrected chi connectivity index (χ1v) is 12.8. The summed E-state index contributed by atoms with van der Waals surface area (Å²) < 4.78 is 5.58. The third-order valence-corrected chi connectivity index (χ3v) is 7.90. The van der Waals surface area contributed by atoms with Crippen LogP contribution in [0.5, 0.6) is 0 Å². The summed E-state index contributed by atoms with van der Waals surface area (Å²) in [4.78, 5) is 28.5. The molecule has 1 atom stereocenters. The molecule has 1 saturated heterocycles. The van der Waals surface area contributed by atoms with E-state index in [0.29, 0.717) is 5.56 Å². The van der Waals surface area contributed by atoms with Gasteiger partial charge in [-0.25, -0.2) is 4.79 Å². The van der Waals surface area contributed by atoms with Gasteiger partial charge in [-0.05, 0) is 76.7 Å². The van der Waals surface area contributed by atoms with E-state index < -0.39 is 0 Å². The fourth-order valence-corrected chi connectivity index (χ4v) is 5.50. The number of piperazine rings is 1. The van der Waals surface area contributed by atoms with Crippen LogP contribution in [0.3, 0.4) is 0 Å². The molecule has 2 aliphatic rings. The molecule has 0 spiro atoms. The van der Waals surface area contributed by atoms with E-state index in [-0.39, 0.29) is 11.4 Å². The van der Waals surface area contributed by atoms with Crippen molar-refractivity contribution in [1.29, 1.82) is 0 Å². The van der Waals surface area contributed by atoms with Crippen LogP contribution < -0.4 is 4.90 Å². The normalized spacial score (nSPS) is 21.5. The predicted molar refractivity (Wildman–Crippen MR) is 141 cm³/mol. The van der Waals surface area contributed by atoms with Crippen LogP contribution in [-0.4, -0.2) is 57.0 Å². The lowest BCUT2D eigenvalue weighted by atomic mass is 9.72. The Morgan fingerprint density at radius 1 is 1.15 bits per heavy atom. The van der Waals surface area contributed by atoms with Gasteiger partial charge in [0.2, 0.25) is 0 Å². The highest BCUT2D eigenvalue weighted by atomic mass is 79.9. The topological polar surface area (TPSA) is 49.9 Å². The SMILES string of the molecule is COC(=O)c1ccc(N2CCN(CC3=C(c4ccc(Cl)cc4)CC(C)(C=O)CC3)CC2)cc1Br. The molecule has 0 radical (unpaired) electrons. The van der Waals surface area contributed by atoms with Gasteiger partial charge in [0.1, 0.15) is 6.29 Å². The Balaban J connectivity index is 1.46. The van der Waals surface area contributed by atoms with Crippen molar-refractivity contribution in [3.8, 4) is 0 Å². The molecule has 1 unspecified atom stereocenters. The van der Waals surface area contributed by atoms with Gasteiger partial charge in [-0.1, -0.05) is 36.2 Å². The largest absolute Gasteiger partial charge is 0.465 e. The summed E-state index contributed by atoms with van der Waals surface area (Å²) in [5, 5.41) is 0.724. The third-order valence-electron chi connectivity index (χ3n) is 6.99. The van der Waals surface area contributed by atoms with Crippen LogP contribution in [0.15, 0.2) is 52.5 Å². The first-order chi connectivity index (χ1) is 16.3. The monoisotopic (exact) mass is 544 g/mol. The van der Waals surface area contributed by atoms with Crippen LogP contribution in [0.1, 0.15) is 42.1 Å². The van der Waals surface area contributed by atoms with E-state index in [4.69, 9.17) is 16.3 Å². The van der Waals surface area contributed by atoms with E-state index in [2.05, 4.69) is 44.8 Å². The average molecular weight is 546 g/mol. The Labute approximate surface area is 214 Å². The molecule has 0 amide bonds. The van der Waals surface area contributed by atoms with Crippen molar-refractivity contribution in [1.82, 2.24) is 4.90 Å². The maximum absolute atomic E-state index is 11.9. The highest BCUT2D eigenvalue weighted by Gasteiger charge is 2.32. The summed E-state index contributed by atoms with van der Waals surface area (Å²) in [5.74, 6) is -0.342. The van der Waals surface area contributed by atoms with Gasteiger partial charge >= 0.3 is 5.97 Å². The Bertz CT molecular complexity index is 1090. The number of rotatable bonds is 6. The number of ether oxygens (including phenoxy) is 1. The van der Waals surface area contributed by atoms with E-state index >= 15 is 0 Å². The number of benzene rings is 2. The molecular formula is C27H30BrClN2O3. The molecule has 1 heterocycles. The highest BCUT2D eigenvalue weighted by molar-refractivity contribution is 9.10. The maximum atomic E-state index is 11.9. The summed E-state index contributed by atoms with van der Waals surface area (Å²) in [5.41, 5.74) is 5.22. The molecule has 180 valence electrons. The molecule has 0 bridgehead atoms. The number of anilines is 1. The number of carbonyl (C=O) groups excluding carboxylic acids is 2. The first-order valence-electron chi connectivity index (χ1n) is 11.6. The average Bonchev–Trinajstić information content (AvgIpc) is 2.85. The van der Waals surface area contributed by atoms with Crippen LogP contribution >= 0.6 is 27.5 Å². The second-order valence-corrected chi connectivity index (χ2v) is 10.7. The second-order valence-electron chi connectivity index (χ2n) is 9.46. The summed E-state index contributed by atoms with van der Waals surface area (Å²) in [7, 11) is 1.39. The maximum Gasteiger partial charge on any atom is 0.339 e. The smallest absolute Gasteiger partial charge is 0.339 e. The zero-order chi connectivity index (χ0) is 24.3. The lowest BCUT2D eigenvalue weighted by Crippen LogP contribution is -2.47. The van der Waals surface area contributed by atoms with Gasteiger partial charge in [-0.3, -0.25) is 4.90 Å². The quantitative estimate of drug-likeness (QED) is 0.336. The fourth-order valence-electron chi connectivity index (χ4n) is 4.85. The van der Waals surface area contributed by atoms with Crippen molar-refractivity contribution in [2.45, 2.75) is 26.2 Å². The molecule has 0 N–H and O–H groups in total. The highest BCUT2D eigenvalue weighted by Crippen LogP contribution is 2.42. The van der Waals surface area contributed by atoms with Crippen LogP contribution in [0.2, 0.25) is 5.02 Å². The van der Waals surface area contributed by atoms with Crippen molar-refractivity contribution < 1.29 is 14.3 Å². The molecule has 2 aromatic carbocycles. The number of esters is 1. The van der Waals surface area contributed by atoms with E-state index in [0.717, 1.165) is 73.5 Å². The molecule has 34 heavy (non-hydrogen) atoms. The van der Waals surface area contributed by atoms with Crippen LogP contribution in [0.25, 0.3) is 5.57 Å². The van der Waals surface area contributed by atoms with Gasteiger partial charge in [0.15, 0.2) is 0 Å². The minimum absolute atomic E-state index is 0.305. The van der Waals surface area contributed by atoms with E-state index in [9.17, 15) is 9.59 Å². The molecule has 4 rings (SSSR count). The van der Waals surface area contributed by atoms with Crippen LogP contribution in [-0.2, 0) is 9.53 Å². The molecule has 1 aliphatic carbocycles. The minimum Gasteiger partial charge on any atom is -0.465 e. The third kappa shape index (κ3) is 5.56. The number of methoxy groups -OCH3 is 1. The number of allylic oxidation sites excluding steroid dienone is 1. The lowest BCUT2D eigenvalue weighted by Gasteiger charge is -2.39. The Morgan fingerprint density at radius 2 is 1.85 bits per heavy atom. The fraction of sp³-hybridized carbons (Fsp3) is 0.407. The van der Waals surface area contributed by atoms with Crippen molar-refractivity contribution >= 4 is 51.0 Å². The number of hydrogen-bond acceptors (Lipinski definition) is 5. The zero-order valence-electron chi connectivity index (χ0n) is 19.7. The molecule has 1 fully saturated rings. The molecular weight excluding hydrogens is 516 g/mol. The van der Waals surface area contributed by atoms with E-state index in [1.807, 2.05) is 30.3 Å².